The summed E-state index contributed by atoms with van der Waals surface area (Å²) in [5, 5.41) is 2.57. The fraction of sp³-hybridized carbons (Fsp3) is 0.429. The lowest BCUT2D eigenvalue weighted by Gasteiger charge is -2.42. The van der Waals surface area contributed by atoms with E-state index in [9.17, 15) is 9.59 Å². The largest absolute Gasteiger partial charge is 0.438 e. The minimum atomic E-state index is -0.679. The zero-order valence-corrected chi connectivity index (χ0v) is 11.8. The number of likely N-dealkylation sites (N-methyl/N-ethyl adjacent to an activating group) is 1. The molecule has 1 aromatic carbocycles. The van der Waals surface area contributed by atoms with Gasteiger partial charge >= 0.3 is 6.09 Å². The number of carbonyl (C=O) groups is 2. The molecule has 1 aromatic rings. The molecule has 0 N–H and O–H groups in total. The molecule has 2 rings (SSSR count). The topological polar surface area (TPSA) is 59.1 Å². The van der Waals surface area contributed by atoms with Crippen LogP contribution in [0.15, 0.2) is 30.3 Å². The lowest BCUT2D eigenvalue weighted by atomic mass is 10.0. The molecule has 2 atom stereocenters. The van der Waals surface area contributed by atoms with Crippen molar-refractivity contribution in [3.05, 3.63) is 35.9 Å². The van der Waals surface area contributed by atoms with Crippen molar-refractivity contribution in [2.75, 3.05) is 20.8 Å². The molecule has 2 amide bonds. The summed E-state index contributed by atoms with van der Waals surface area (Å²) in [5.74, 6) is -0.446. The Morgan fingerprint density at radius 1 is 1.35 bits per heavy atom. The lowest BCUT2D eigenvalue weighted by Crippen LogP contribution is -2.59. The van der Waals surface area contributed by atoms with Crippen molar-refractivity contribution in [1.82, 2.24) is 10.0 Å². The van der Waals surface area contributed by atoms with Gasteiger partial charge in [-0.1, -0.05) is 30.3 Å². The van der Waals surface area contributed by atoms with Crippen LogP contribution in [0.25, 0.3) is 0 Å². The van der Waals surface area contributed by atoms with Crippen LogP contribution in [0.3, 0.4) is 0 Å². The first kappa shape index (κ1) is 14.5. The van der Waals surface area contributed by atoms with E-state index in [1.165, 1.54) is 7.11 Å². The maximum absolute atomic E-state index is 12.0. The van der Waals surface area contributed by atoms with Crippen LogP contribution in [0, 0.1) is 0 Å². The van der Waals surface area contributed by atoms with Gasteiger partial charge in [0, 0.05) is 14.2 Å². The molecule has 1 aliphatic rings. The maximum Gasteiger partial charge on any atom is 0.432 e. The van der Waals surface area contributed by atoms with Gasteiger partial charge in [-0.05, 0) is 12.5 Å². The third kappa shape index (κ3) is 2.66. The number of carbonyl (C=O) groups excluding carboxylic acids is 2. The van der Waals surface area contributed by atoms with Crippen LogP contribution in [-0.2, 0) is 14.3 Å². The molecule has 1 aliphatic heterocycles. The number of methoxy groups -OCH3 is 1. The molecule has 6 nitrogen and oxygen atoms in total. The highest BCUT2D eigenvalue weighted by atomic mass is 16.6. The number of benzene rings is 1. The van der Waals surface area contributed by atoms with Gasteiger partial charge in [-0.3, -0.25) is 4.79 Å². The maximum atomic E-state index is 12.0. The van der Waals surface area contributed by atoms with Crippen LogP contribution >= 0.6 is 0 Å². The minimum Gasteiger partial charge on any atom is -0.438 e. The highest BCUT2D eigenvalue weighted by Gasteiger charge is 2.41. The smallest absolute Gasteiger partial charge is 0.432 e. The van der Waals surface area contributed by atoms with Crippen molar-refractivity contribution in [2.24, 2.45) is 0 Å². The Kier molecular flexibility index (Phi) is 4.36. The summed E-state index contributed by atoms with van der Waals surface area (Å²) in [4.78, 5) is 23.9. The molecule has 1 saturated heterocycles. The van der Waals surface area contributed by atoms with E-state index in [1.54, 1.807) is 12.1 Å². The second-order valence-corrected chi connectivity index (χ2v) is 4.67. The van der Waals surface area contributed by atoms with Crippen molar-refractivity contribution in [3.8, 4) is 0 Å². The molecule has 0 unspecified atom stereocenters. The number of amides is 2. The summed E-state index contributed by atoms with van der Waals surface area (Å²) in [7, 11) is 3.10. The van der Waals surface area contributed by atoms with Crippen LogP contribution in [0.4, 0.5) is 4.79 Å². The zero-order chi connectivity index (χ0) is 14.7. The molecule has 0 bridgehead atoms. The predicted molar refractivity (Wildman–Crippen MR) is 71.6 cm³/mol. The Morgan fingerprint density at radius 3 is 2.60 bits per heavy atom. The monoisotopic (exact) mass is 278 g/mol. The van der Waals surface area contributed by atoms with Gasteiger partial charge in [-0.2, -0.15) is 5.01 Å². The molecular weight excluding hydrogens is 260 g/mol. The molecule has 0 aliphatic carbocycles. The second-order valence-electron chi connectivity index (χ2n) is 4.67. The van der Waals surface area contributed by atoms with Crippen molar-refractivity contribution in [2.45, 2.75) is 19.1 Å². The van der Waals surface area contributed by atoms with E-state index in [0.29, 0.717) is 0 Å². The number of hydrazine groups is 1. The number of ether oxygens (including phenoxy) is 2. The molecule has 0 spiro atoms. The van der Waals surface area contributed by atoms with E-state index >= 15 is 0 Å². The van der Waals surface area contributed by atoms with Crippen molar-refractivity contribution in [1.29, 1.82) is 0 Å². The van der Waals surface area contributed by atoms with Gasteiger partial charge in [0.2, 0.25) is 0 Å². The van der Waals surface area contributed by atoms with Gasteiger partial charge in [0.15, 0.2) is 0 Å². The molecule has 1 heterocycles. The summed E-state index contributed by atoms with van der Waals surface area (Å²) in [6, 6.07) is 9.31. The Labute approximate surface area is 117 Å². The highest BCUT2D eigenvalue weighted by molar-refractivity contribution is 5.92. The Bertz CT molecular complexity index is 491. The molecule has 0 aromatic heterocycles. The summed E-state index contributed by atoms with van der Waals surface area (Å²) >= 11 is 0. The minimum absolute atomic E-state index is 0.157. The van der Waals surface area contributed by atoms with Crippen molar-refractivity contribution >= 4 is 12.0 Å². The predicted octanol–water partition coefficient (Wildman–Crippen LogP) is 1.59. The molecule has 108 valence electrons. The fourth-order valence-corrected chi connectivity index (χ4v) is 2.22. The lowest BCUT2D eigenvalue weighted by molar-refractivity contribution is -0.166. The molecular formula is C14H18N2O4. The first-order valence-electron chi connectivity index (χ1n) is 6.36. The van der Waals surface area contributed by atoms with Crippen molar-refractivity contribution in [3.63, 3.8) is 0 Å². The third-order valence-corrected chi connectivity index (χ3v) is 3.38. The summed E-state index contributed by atoms with van der Waals surface area (Å²) in [6.07, 6.45) is -1.08. The second kappa shape index (κ2) is 6.02. The number of cyclic esters (lactones) is 1. The first-order chi connectivity index (χ1) is 9.56. The van der Waals surface area contributed by atoms with E-state index in [0.717, 1.165) is 10.6 Å². The SMILES string of the molecule is COCC(=O)N1C(=O)O[C@H](c2ccccc2)[C@H](C)N1C. The number of imide groups is 1. The molecule has 0 saturated carbocycles. The van der Waals surface area contributed by atoms with Crippen LogP contribution in [0.1, 0.15) is 18.6 Å². The Morgan fingerprint density at radius 2 is 2.00 bits per heavy atom. The highest BCUT2D eigenvalue weighted by Crippen LogP contribution is 2.30. The number of hydrogen-bond donors (Lipinski definition) is 0. The van der Waals surface area contributed by atoms with Crippen LogP contribution in [-0.4, -0.2) is 48.8 Å². The standard InChI is InChI=1S/C14H18N2O4/c1-10-13(11-7-5-4-6-8-11)20-14(18)16(15(10)2)12(17)9-19-3/h4-8,10,13H,9H2,1-3H3/t10-,13-/m0/s1. The van der Waals surface area contributed by atoms with E-state index < -0.39 is 18.1 Å². The Balaban J connectivity index is 2.21. The summed E-state index contributed by atoms with van der Waals surface area (Å²) in [6.45, 7) is 1.74. The first-order valence-corrected chi connectivity index (χ1v) is 6.36. The Hall–Kier alpha value is -1.92. The molecule has 0 radical (unpaired) electrons. The van der Waals surface area contributed by atoms with Crippen LogP contribution in [0.5, 0.6) is 0 Å². The number of hydrogen-bond acceptors (Lipinski definition) is 5. The van der Waals surface area contributed by atoms with E-state index in [-0.39, 0.29) is 12.6 Å². The molecule has 6 heteroatoms. The van der Waals surface area contributed by atoms with Gasteiger partial charge in [-0.15, -0.1) is 0 Å². The van der Waals surface area contributed by atoms with Crippen LogP contribution in [0.2, 0.25) is 0 Å². The summed E-state index contributed by atoms with van der Waals surface area (Å²) in [5.41, 5.74) is 0.902. The molecule has 20 heavy (non-hydrogen) atoms. The van der Waals surface area contributed by atoms with E-state index in [4.69, 9.17) is 9.47 Å². The average Bonchev–Trinajstić information content (AvgIpc) is 2.44. The van der Waals surface area contributed by atoms with Gasteiger partial charge in [0.05, 0.1) is 6.04 Å². The quantitative estimate of drug-likeness (QED) is 0.840. The zero-order valence-electron chi connectivity index (χ0n) is 11.8. The van der Waals surface area contributed by atoms with Gasteiger partial charge in [-0.25, -0.2) is 9.80 Å². The number of rotatable bonds is 3. The third-order valence-electron chi connectivity index (χ3n) is 3.38. The van der Waals surface area contributed by atoms with Gasteiger partial charge < -0.3 is 9.47 Å². The molecule has 1 fully saturated rings. The average molecular weight is 278 g/mol. The number of nitrogens with zero attached hydrogens (tertiary/aromatic N) is 2. The fourth-order valence-electron chi connectivity index (χ4n) is 2.22. The van der Waals surface area contributed by atoms with Crippen molar-refractivity contribution < 1.29 is 19.1 Å². The van der Waals surface area contributed by atoms with Gasteiger partial charge in [0.25, 0.3) is 5.91 Å². The van der Waals surface area contributed by atoms with E-state index in [1.807, 2.05) is 37.3 Å². The summed E-state index contributed by atoms with van der Waals surface area (Å²) < 4.78 is 10.2. The van der Waals surface area contributed by atoms with Gasteiger partial charge in [0.1, 0.15) is 12.7 Å². The van der Waals surface area contributed by atoms with Crippen LogP contribution < -0.4 is 0 Å². The van der Waals surface area contributed by atoms with E-state index in [2.05, 4.69) is 0 Å². The normalized spacial score (nSPS) is 23.6.